The van der Waals surface area contributed by atoms with Crippen LogP contribution in [-0.2, 0) is 29.9 Å². The van der Waals surface area contributed by atoms with E-state index in [1.165, 1.54) is 64.8 Å². The second-order valence-electron chi connectivity index (χ2n) is 8.10. The van der Waals surface area contributed by atoms with Gasteiger partial charge >= 0.3 is 0 Å². The summed E-state index contributed by atoms with van der Waals surface area (Å²) in [5, 5.41) is 0. The van der Waals surface area contributed by atoms with Crippen molar-refractivity contribution in [3.8, 4) is 23.0 Å². The van der Waals surface area contributed by atoms with Crippen molar-refractivity contribution in [2.24, 2.45) is 0 Å². The predicted octanol–water partition coefficient (Wildman–Crippen LogP) is 0.877. The topological polar surface area (TPSA) is 155 Å². The zero-order valence-electron chi connectivity index (χ0n) is 20.8. The number of nitrogens with zero attached hydrogens (tertiary/aromatic N) is 1. The van der Waals surface area contributed by atoms with E-state index >= 15 is 0 Å². The molecular formula is C22H30N2O10S3. The molecule has 0 bridgehead atoms. The van der Waals surface area contributed by atoms with Gasteiger partial charge in [-0.3, -0.25) is 0 Å². The van der Waals surface area contributed by atoms with Gasteiger partial charge in [0.05, 0.1) is 39.9 Å². The maximum Gasteiger partial charge on any atom is 0.247 e. The van der Waals surface area contributed by atoms with Crippen LogP contribution in [0.4, 0.5) is 0 Å². The second-order valence-corrected chi connectivity index (χ2v) is 13.9. The zero-order valence-corrected chi connectivity index (χ0v) is 23.3. The van der Waals surface area contributed by atoms with E-state index in [1.54, 1.807) is 0 Å². The van der Waals surface area contributed by atoms with E-state index in [1.807, 2.05) is 0 Å². The lowest BCUT2D eigenvalue weighted by Crippen LogP contribution is -2.45. The first-order valence-electron chi connectivity index (χ1n) is 11.0. The first-order chi connectivity index (χ1) is 17.4. The van der Waals surface area contributed by atoms with Crippen molar-refractivity contribution in [2.75, 3.05) is 53.0 Å². The Morgan fingerprint density at radius 1 is 0.865 bits per heavy atom. The van der Waals surface area contributed by atoms with Crippen LogP contribution in [0.5, 0.6) is 23.0 Å². The largest absolute Gasteiger partial charge is 0.497 e. The van der Waals surface area contributed by atoms with E-state index in [9.17, 15) is 25.3 Å². The lowest BCUT2D eigenvalue weighted by atomic mass is 10.2. The Hall–Kier alpha value is -2.59. The summed E-state index contributed by atoms with van der Waals surface area (Å²) in [6, 6.07) is 7.43. The molecule has 0 aliphatic carbocycles. The molecule has 1 heterocycles. The van der Waals surface area contributed by atoms with Crippen LogP contribution in [0.15, 0.2) is 46.2 Å². The van der Waals surface area contributed by atoms with Crippen LogP contribution in [0.3, 0.4) is 0 Å². The van der Waals surface area contributed by atoms with Gasteiger partial charge in [0, 0.05) is 31.3 Å². The minimum Gasteiger partial charge on any atom is -0.497 e. The number of hydrogen-bond acceptors (Lipinski definition) is 10. The molecule has 1 saturated heterocycles. The smallest absolute Gasteiger partial charge is 0.247 e. The second kappa shape index (κ2) is 11.4. The fourth-order valence-corrected chi connectivity index (χ4v) is 8.77. The molecule has 1 atom stereocenters. The van der Waals surface area contributed by atoms with Crippen LogP contribution >= 0.6 is 0 Å². The van der Waals surface area contributed by atoms with E-state index in [4.69, 9.17) is 18.9 Å². The number of methoxy groups -OCH3 is 4. The number of nitrogens with one attached hydrogen (secondary N) is 1. The van der Waals surface area contributed by atoms with Gasteiger partial charge in [-0.1, -0.05) is 0 Å². The number of sulfone groups is 1. The standard InChI is InChI=1S/C22H30N2O10S3/c1-31-17-5-7-21(19(13-17)33-3)36(27,28)23-10-11-24(16-9-12-35(25,26)15-16)37(29,30)22-8-6-18(32-2)14-20(22)34-4/h5-8,13-14,16,23H,9-12,15H2,1-4H3/t16-/m0/s1. The van der Waals surface area contributed by atoms with Gasteiger partial charge in [0.1, 0.15) is 32.8 Å². The summed E-state index contributed by atoms with van der Waals surface area (Å²) >= 11 is 0. The molecule has 0 spiro atoms. The SMILES string of the molecule is COc1ccc(S(=O)(=O)NCCN([C@H]2CCS(=O)(=O)C2)S(=O)(=O)c2ccc(OC)cc2OC)c(OC)c1. The maximum atomic E-state index is 13.7. The van der Waals surface area contributed by atoms with Crippen LogP contribution in [0.1, 0.15) is 6.42 Å². The van der Waals surface area contributed by atoms with Crippen molar-refractivity contribution in [1.82, 2.24) is 9.03 Å². The molecule has 3 rings (SSSR count). The minimum absolute atomic E-state index is 0.00811. The molecule has 206 valence electrons. The molecule has 1 fully saturated rings. The highest BCUT2D eigenvalue weighted by Crippen LogP contribution is 2.33. The third-order valence-corrected chi connectivity index (χ3v) is 11.1. The number of ether oxygens (including phenoxy) is 4. The molecule has 1 aliphatic rings. The van der Waals surface area contributed by atoms with Gasteiger partial charge in [-0.15, -0.1) is 0 Å². The average Bonchev–Trinajstić information content (AvgIpc) is 3.24. The van der Waals surface area contributed by atoms with Gasteiger partial charge < -0.3 is 18.9 Å². The third-order valence-electron chi connectivity index (χ3n) is 5.86. The molecule has 37 heavy (non-hydrogen) atoms. The number of rotatable bonds is 12. The van der Waals surface area contributed by atoms with E-state index < -0.39 is 35.9 Å². The number of sulfonamides is 2. The van der Waals surface area contributed by atoms with Crippen LogP contribution in [0, 0.1) is 0 Å². The lowest BCUT2D eigenvalue weighted by molar-refractivity contribution is 0.338. The molecule has 0 amide bonds. The highest BCUT2D eigenvalue weighted by molar-refractivity contribution is 7.92. The van der Waals surface area contributed by atoms with Gasteiger partial charge in [-0.2, -0.15) is 4.31 Å². The van der Waals surface area contributed by atoms with E-state index in [2.05, 4.69) is 4.72 Å². The fourth-order valence-electron chi connectivity index (χ4n) is 3.98. The molecule has 0 radical (unpaired) electrons. The minimum atomic E-state index is -4.29. The quantitative estimate of drug-likeness (QED) is 0.384. The summed E-state index contributed by atoms with van der Waals surface area (Å²) in [5.41, 5.74) is 0. The predicted molar refractivity (Wildman–Crippen MR) is 135 cm³/mol. The Balaban J connectivity index is 1.91. The molecule has 1 N–H and O–H groups in total. The Bertz CT molecular complexity index is 1440. The van der Waals surface area contributed by atoms with Crippen LogP contribution in [0.25, 0.3) is 0 Å². The monoisotopic (exact) mass is 578 g/mol. The summed E-state index contributed by atoms with van der Waals surface area (Å²) in [6.45, 7) is -0.652. The van der Waals surface area contributed by atoms with Gasteiger partial charge in [0.2, 0.25) is 20.0 Å². The Kier molecular flexibility index (Phi) is 8.95. The molecule has 2 aromatic rings. The normalized spacial score (nSPS) is 17.5. The van der Waals surface area contributed by atoms with Crippen molar-refractivity contribution in [1.29, 1.82) is 0 Å². The molecular weight excluding hydrogens is 548 g/mol. The van der Waals surface area contributed by atoms with Gasteiger partial charge in [0.15, 0.2) is 9.84 Å². The summed E-state index contributed by atoms with van der Waals surface area (Å²) in [4.78, 5) is -0.356. The van der Waals surface area contributed by atoms with Crippen LogP contribution < -0.4 is 23.7 Å². The Morgan fingerprint density at radius 3 is 1.89 bits per heavy atom. The Morgan fingerprint density at radius 2 is 1.41 bits per heavy atom. The van der Waals surface area contributed by atoms with Gasteiger partial charge in [0.25, 0.3) is 0 Å². The molecule has 2 aromatic carbocycles. The van der Waals surface area contributed by atoms with E-state index in [-0.39, 0.29) is 52.3 Å². The number of hydrogen-bond donors (Lipinski definition) is 1. The van der Waals surface area contributed by atoms with Gasteiger partial charge in [-0.05, 0) is 30.7 Å². The van der Waals surface area contributed by atoms with Crippen molar-refractivity contribution < 1.29 is 44.2 Å². The molecule has 1 aliphatic heterocycles. The van der Waals surface area contributed by atoms with Crippen molar-refractivity contribution in [3.05, 3.63) is 36.4 Å². The molecule has 0 unspecified atom stereocenters. The highest BCUT2D eigenvalue weighted by atomic mass is 32.2. The molecule has 12 nitrogen and oxygen atoms in total. The van der Waals surface area contributed by atoms with Crippen LogP contribution in [-0.4, -0.2) is 88.6 Å². The summed E-state index contributed by atoms with van der Waals surface area (Å²) in [6.07, 6.45) is 0.0824. The summed E-state index contributed by atoms with van der Waals surface area (Å²) in [5.74, 6) is 0.271. The maximum absolute atomic E-state index is 13.7. The summed E-state index contributed by atoms with van der Waals surface area (Å²) in [7, 11) is -6.40. The highest BCUT2D eigenvalue weighted by Gasteiger charge is 2.40. The molecule has 0 saturated carbocycles. The first kappa shape index (κ1) is 29.0. The third kappa shape index (κ3) is 6.46. The zero-order chi connectivity index (χ0) is 27.4. The molecule has 15 heteroatoms. The van der Waals surface area contributed by atoms with E-state index in [0.717, 1.165) is 4.31 Å². The molecule has 0 aromatic heterocycles. The van der Waals surface area contributed by atoms with E-state index in [0.29, 0.717) is 11.5 Å². The van der Waals surface area contributed by atoms with Crippen molar-refractivity contribution in [3.63, 3.8) is 0 Å². The first-order valence-corrected chi connectivity index (χ1v) is 15.8. The van der Waals surface area contributed by atoms with Crippen molar-refractivity contribution >= 4 is 29.9 Å². The summed E-state index contributed by atoms with van der Waals surface area (Å²) < 4.78 is 102. The van der Waals surface area contributed by atoms with Gasteiger partial charge in [-0.25, -0.2) is 30.0 Å². The number of benzene rings is 2. The van der Waals surface area contributed by atoms with Crippen LogP contribution in [0.2, 0.25) is 0 Å². The average molecular weight is 579 g/mol. The fraction of sp³-hybridized carbons (Fsp3) is 0.455. The lowest BCUT2D eigenvalue weighted by Gasteiger charge is -2.28. The van der Waals surface area contributed by atoms with Crippen molar-refractivity contribution in [2.45, 2.75) is 22.3 Å². The Labute approximate surface area is 217 Å².